The van der Waals surface area contributed by atoms with Gasteiger partial charge in [-0.05, 0) is 69.9 Å². The summed E-state index contributed by atoms with van der Waals surface area (Å²) in [5.74, 6) is -2.31. The van der Waals surface area contributed by atoms with Crippen LogP contribution in [0.25, 0.3) is 10.9 Å². The quantitative estimate of drug-likeness (QED) is 0.322. The van der Waals surface area contributed by atoms with E-state index >= 15 is 0 Å². The highest BCUT2D eigenvalue weighted by Gasteiger charge is 2.60. The first-order valence-electron chi connectivity index (χ1n) is 17.8. The number of rotatable bonds is 5. The lowest BCUT2D eigenvalue weighted by atomic mass is 9.86. The molecule has 1 aromatic heterocycles. The Morgan fingerprint density at radius 2 is 1.88 bits per heavy atom. The van der Waals surface area contributed by atoms with Crippen LogP contribution in [0.5, 0.6) is 5.88 Å². The van der Waals surface area contributed by atoms with Crippen LogP contribution in [0.15, 0.2) is 53.9 Å². The minimum atomic E-state index is -1.26. The van der Waals surface area contributed by atoms with E-state index in [1.165, 1.54) is 4.90 Å². The van der Waals surface area contributed by atoms with Crippen molar-refractivity contribution in [3.05, 3.63) is 64.9 Å². The van der Waals surface area contributed by atoms with Crippen molar-refractivity contribution in [1.29, 1.82) is 0 Å². The maximum Gasteiger partial charge on any atom is 0.307 e. The summed E-state index contributed by atoms with van der Waals surface area (Å²) in [6, 6.07) is 6.27. The normalized spacial score (nSPS) is 34.1. The van der Waals surface area contributed by atoms with Crippen LogP contribution in [0.3, 0.4) is 0 Å². The number of primary amides is 1. The molecule has 3 heterocycles. The second kappa shape index (κ2) is 12.8. The number of aromatic amines is 1. The third kappa shape index (κ3) is 6.28. The maximum atomic E-state index is 14.6. The Kier molecular flexibility index (Phi) is 8.65. The van der Waals surface area contributed by atoms with Crippen LogP contribution in [-0.4, -0.2) is 63.4 Å². The molecule has 4 N–H and O–H groups in total. The zero-order valence-electron chi connectivity index (χ0n) is 28.1. The number of nitrogens with one attached hydrogen (secondary N) is 2. The molecule has 7 atom stereocenters. The summed E-state index contributed by atoms with van der Waals surface area (Å²) in [5.41, 5.74) is 4.87. The number of fused-ring (bicyclic) bond motifs is 5. The van der Waals surface area contributed by atoms with E-state index < -0.39 is 47.0 Å². The highest BCUT2D eigenvalue weighted by atomic mass is 16.6. The fraction of sp³-hybridized carbons (Fsp3) is 0.553. The van der Waals surface area contributed by atoms with E-state index in [2.05, 4.69) is 23.0 Å². The van der Waals surface area contributed by atoms with Gasteiger partial charge in [0.1, 0.15) is 23.3 Å². The maximum absolute atomic E-state index is 14.6. The van der Waals surface area contributed by atoms with Gasteiger partial charge in [-0.15, -0.1) is 6.58 Å². The molecule has 49 heavy (non-hydrogen) atoms. The Morgan fingerprint density at radius 1 is 1.10 bits per heavy atom. The SMILES string of the molecule is C=C[C@@H]1C[C@]1(NC(=O)[C@@H]1C[C@@H]2CN1C(=O)[C@H](C1CCCC1)CC(=O)O[C@]1(C)C[C@H]1CC/C=C/Cc1c([nH]c3ccccc3c1=O)O2)C(N)=O. The van der Waals surface area contributed by atoms with E-state index in [9.17, 15) is 24.0 Å². The summed E-state index contributed by atoms with van der Waals surface area (Å²) in [6.07, 6.45) is 11.6. The van der Waals surface area contributed by atoms with E-state index in [0.29, 0.717) is 35.2 Å². The van der Waals surface area contributed by atoms with Crippen molar-refractivity contribution in [1.82, 2.24) is 15.2 Å². The predicted molar refractivity (Wildman–Crippen MR) is 182 cm³/mol. The molecule has 3 amide bonds. The van der Waals surface area contributed by atoms with Crippen LogP contribution in [0.2, 0.25) is 0 Å². The number of nitrogens with two attached hydrogens (primary N) is 1. The molecule has 4 fully saturated rings. The lowest BCUT2D eigenvalue weighted by molar-refractivity contribution is -0.157. The Labute approximate surface area is 285 Å². The zero-order valence-corrected chi connectivity index (χ0v) is 28.1. The summed E-state index contributed by atoms with van der Waals surface area (Å²) in [6.45, 7) is 5.80. The van der Waals surface area contributed by atoms with E-state index in [1.54, 1.807) is 12.1 Å². The highest BCUT2D eigenvalue weighted by Crippen LogP contribution is 2.50. The molecule has 0 unspecified atom stereocenters. The number of benzene rings is 1. The molecule has 11 heteroatoms. The summed E-state index contributed by atoms with van der Waals surface area (Å²) < 4.78 is 12.6. The van der Waals surface area contributed by atoms with Gasteiger partial charge in [0.2, 0.25) is 17.7 Å². The van der Waals surface area contributed by atoms with Crippen molar-refractivity contribution in [3.8, 4) is 5.88 Å². The van der Waals surface area contributed by atoms with E-state index in [0.717, 1.165) is 44.9 Å². The van der Waals surface area contributed by atoms with Gasteiger partial charge in [-0.1, -0.05) is 43.2 Å². The molecule has 1 aromatic carbocycles. The summed E-state index contributed by atoms with van der Waals surface area (Å²) in [4.78, 5) is 73.3. The molecule has 2 aliphatic heterocycles. The number of amides is 3. The number of nitrogens with zero attached hydrogens (tertiary/aromatic N) is 1. The number of hydrogen-bond donors (Lipinski definition) is 3. The molecule has 3 saturated carbocycles. The summed E-state index contributed by atoms with van der Waals surface area (Å²) in [7, 11) is 0. The van der Waals surface area contributed by atoms with Crippen LogP contribution in [-0.2, 0) is 30.3 Å². The first kappa shape index (κ1) is 33.1. The highest BCUT2D eigenvalue weighted by molar-refractivity contribution is 5.97. The van der Waals surface area contributed by atoms with Crippen LogP contribution >= 0.6 is 0 Å². The largest absolute Gasteiger partial charge is 0.473 e. The smallest absolute Gasteiger partial charge is 0.307 e. The van der Waals surface area contributed by atoms with Gasteiger partial charge in [0.25, 0.3) is 0 Å². The van der Waals surface area contributed by atoms with Crippen molar-refractivity contribution >= 4 is 34.6 Å². The van der Waals surface area contributed by atoms with Crippen LogP contribution in [0.1, 0.15) is 76.7 Å². The number of aromatic nitrogens is 1. The Bertz CT molecular complexity index is 1780. The average Bonchev–Trinajstić information content (AvgIpc) is 3.71. The fourth-order valence-corrected chi connectivity index (χ4v) is 8.53. The molecular formula is C38H46N4O7. The number of hydrogen-bond acceptors (Lipinski definition) is 7. The molecule has 7 rings (SSSR count). The number of allylic oxidation sites excluding steroid dienone is 2. The number of H-pyrrole nitrogens is 1. The summed E-state index contributed by atoms with van der Waals surface area (Å²) >= 11 is 0. The summed E-state index contributed by atoms with van der Waals surface area (Å²) in [5, 5.41) is 3.41. The van der Waals surface area contributed by atoms with Gasteiger partial charge in [-0.2, -0.15) is 0 Å². The van der Waals surface area contributed by atoms with Gasteiger partial charge in [0.05, 0.1) is 30.0 Å². The molecule has 1 saturated heterocycles. The number of carbonyl (C=O) groups excluding carboxylic acids is 4. The van der Waals surface area contributed by atoms with E-state index in [-0.39, 0.29) is 48.5 Å². The molecule has 5 aliphatic rings. The lowest BCUT2D eigenvalue weighted by Gasteiger charge is -2.31. The van der Waals surface area contributed by atoms with Gasteiger partial charge in [-0.3, -0.25) is 24.0 Å². The molecule has 0 spiro atoms. The van der Waals surface area contributed by atoms with E-state index in [1.807, 2.05) is 31.2 Å². The molecular weight excluding hydrogens is 624 g/mol. The number of pyridine rings is 1. The van der Waals surface area contributed by atoms with Gasteiger partial charge < -0.3 is 30.4 Å². The molecule has 260 valence electrons. The first-order chi connectivity index (χ1) is 23.5. The topological polar surface area (TPSA) is 161 Å². The van der Waals surface area contributed by atoms with Crippen molar-refractivity contribution in [3.63, 3.8) is 0 Å². The number of para-hydroxylation sites is 1. The third-order valence-corrected chi connectivity index (χ3v) is 11.7. The predicted octanol–water partition coefficient (Wildman–Crippen LogP) is 3.83. The number of esters is 1. The molecule has 3 aliphatic carbocycles. The molecule has 2 aromatic rings. The van der Waals surface area contributed by atoms with Crippen molar-refractivity contribution in [2.24, 2.45) is 29.4 Å². The lowest BCUT2D eigenvalue weighted by Crippen LogP contribution is -2.55. The zero-order chi connectivity index (χ0) is 34.5. The third-order valence-electron chi connectivity index (χ3n) is 11.7. The van der Waals surface area contributed by atoms with Crippen molar-refractivity contribution in [2.45, 2.75) is 101 Å². The number of ether oxygens (including phenoxy) is 2. The molecule has 11 nitrogen and oxygen atoms in total. The number of carbonyl (C=O) groups is 4. The minimum absolute atomic E-state index is 0.0174. The first-order valence-corrected chi connectivity index (χ1v) is 17.8. The average molecular weight is 671 g/mol. The monoisotopic (exact) mass is 670 g/mol. The minimum Gasteiger partial charge on any atom is -0.473 e. The van der Waals surface area contributed by atoms with Gasteiger partial charge in [-0.25, -0.2) is 0 Å². The Balaban J connectivity index is 1.26. The Hall–Kier alpha value is -4.41. The standard InChI is InChI=1S/C38H46N4O7/c1-3-23-20-38(23,36(39)47)41-33(45)30-17-25-21-42(30)35(46)28(22-11-7-8-12-22)18-31(43)49-37(2)19-24(37)13-5-4-6-15-27-32(44)26-14-9-10-16-29(26)40-34(27)48-25/h3-4,6,9-10,14,16,22-25,28,30H,1,5,7-8,11-13,15,17-21H2,2H3,(H2,39,47)(H,40,44)(H,41,45)/b6-4+/t23-,24-,25-,28+,30+,37-,38-/m1/s1. The van der Waals surface area contributed by atoms with Gasteiger partial charge >= 0.3 is 5.97 Å². The van der Waals surface area contributed by atoms with Crippen LogP contribution < -0.4 is 21.2 Å². The van der Waals surface area contributed by atoms with Crippen LogP contribution in [0.4, 0.5) is 0 Å². The van der Waals surface area contributed by atoms with Gasteiger partial charge in [0.15, 0.2) is 11.3 Å². The molecule has 0 radical (unpaired) electrons. The van der Waals surface area contributed by atoms with Crippen molar-refractivity contribution in [2.75, 3.05) is 6.54 Å². The van der Waals surface area contributed by atoms with Gasteiger partial charge in [0, 0.05) is 23.6 Å². The molecule has 2 bridgehead atoms. The second-order valence-corrected chi connectivity index (χ2v) is 15.0. The Morgan fingerprint density at radius 3 is 2.61 bits per heavy atom. The van der Waals surface area contributed by atoms with E-state index in [4.69, 9.17) is 15.2 Å². The van der Waals surface area contributed by atoms with Crippen molar-refractivity contribution < 1.29 is 28.7 Å². The second-order valence-electron chi connectivity index (χ2n) is 15.0. The fourth-order valence-electron chi connectivity index (χ4n) is 8.53. The van der Waals surface area contributed by atoms with Crippen LogP contribution in [0, 0.1) is 23.7 Å².